The average molecular weight is 493 g/mol. The molecule has 2 fully saturated rings. The monoisotopic (exact) mass is 492 g/mol. The second-order valence-corrected chi connectivity index (χ2v) is 11.9. The average Bonchev–Trinajstić information content (AvgIpc) is 3.54. The Balaban J connectivity index is 1.26. The van der Waals surface area contributed by atoms with Crippen LogP contribution in [0.2, 0.25) is 0 Å². The molecule has 0 spiro atoms. The minimum atomic E-state index is 0.0280. The molecule has 7 nitrogen and oxygen atoms in total. The minimum Gasteiger partial charge on any atom is -0.443 e. The lowest BCUT2D eigenvalue weighted by atomic mass is 9.54. The number of nitrogens with one attached hydrogen (secondary N) is 1. The van der Waals surface area contributed by atoms with E-state index >= 15 is 0 Å². The van der Waals surface area contributed by atoms with Crippen LogP contribution in [-0.4, -0.2) is 28.7 Å². The van der Waals surface area contributed by atoms with Crippen LogP contribution >= 0.6 is 11.3 Å². The van der Waals surface area contributed by atoms with Gasteiger partial charge in [0, 0.05) is 22.9 Å². The van der Waals surface area contributed by atoms with Gasteiger partial charge >= 0.3 is 0 Å². The third-order valence-corrected chi connectivity index (χ3v) is 9.69. The fourth-order valence-electron chi connectivity index (χ4n) is 7.43. The van der Waals surface area contributed by atoms with Gasteiger partial charge in [-0.2, -0.15) is 0 Å². The number of fused-ring (bicyclic) bond motifs is 6. The molecule has 6 rings (SSSR count). The molecule has 3 aliphatic rings. The van der Waals surface area contributed by atoms with Crippen LogP contribution in [0, 0.1) is 30.1 Å². The molecule has 3 unspecified atom stereocenters. The van der Waals surface area contributed by atoms with Gasteiger partial charge < -0.3 is 14.6 Å². The number of amides is 1. The molecule has 5 atom stereocenters. The third kappa shape index (κ3) is 3.86. The zero-order valence-electron chi connectivity index (χ0n) is 20.5. The lowest BCUT2D eigenvalue weighted by Crippen LogP contribution is -2.44. The highest BCUT2D eigenvalue weighted by molar-refractivity contribution is 7.15. The fourth-order valence-corrected chi connectivity index (χ4v) is 8.11. The Morgan fingerprint density at radius 3 is 3.03 bits per heavy atom. The van der Waals surface area contributed by atoms with Gasteiger partial charge in [-0.3, -0.25) is 4.79 Å². The first-order chi connectivity index (χ1) is 17.0. The highest BCUT2D eigenvalue weighted by Crippen LogP contribution is 2.62. The molecule has 0 radical (unpaired) electrons. The van der Waals surface area contributed by atoms with Gasteiger partial charge in [-0.1, -0.05) is 12.1 Å². The number of carbonyl (C=O) groups excluding carboxylic acids is 1. The quantitative estimate of drug-likeness (QED) is 0.435. The van der Waals surface area contributed by atoms with Crippen LogP contribution in [0.4, 0.5) is 5.13 Å². The molecule has 0 aliphatic heterocycles. The van der Waals surface area contributed by atoms with E-state index in [1.807, 2.05) is 6.92 Å². The smallest absolute Gasteiger partial charge is 0.226 e. The maximum atomic E-state index is 12.8. The largest absolute Gasteiger partial charge is 0.443 e. The predicted octanol–water partition coefficient (Wildman–Crippen LogP) is 6.10. The van der Waals surface area contributed by atoms with Crippen LogP contribution in [0.5, 0.6) is 0 Å². The summed E-state index contributed by atoms with van der Waals surface area (Å²) in [4.78, 5) is 27.9. The summed E-state index contributed by atoms with van der Waals surface area (Å²) in [5, 5.41) is 8.20. The Bertz CT molecular complexity index is 1300. The van der Waals surface area contributed by atoms with Gasteiger partial charge in [-0.25, -0.2) is 9.97 Å². The summed E-state index contributed by atoms with van der Waals surface area (Å²) in [5.74, 6) is 2.06. The highest BCUT2D eigenvalue weighted by Gasteiger charge is 2.57. The number of hydrogen-bond donors (Lipinski definition) is 1. The van der Waals surface area contributed by atoms with Crippen molar-refractivity contribution in [3.05, 3.63) is 40.7 Å². The molecule has 0 saturated heterocycles. The van der Waals surface area contributed by atoms with E-state index in [1.165, 1.54) is 34.6 Å². The number of thiazole rings is 1. The van der Waals surface area contributed by atoms with Crippen LogP contribution in [-0.2, 0) is 16.1 Å². The number of nitrogens with zero attached hydrogens (tertiary/aromatic N) is 3. The first-order valence-electron chi connectivity index (χ1n) is 12.6. The SMILES string of the molecule is CO/N=C1\C[C@@H](CCC(=O)Nc2ncc(C)s2)C2C3CCc4cc5ocnc5cc4C3CC[C@]12C. The van der Waals surface area contributed by atoms with Crippen molar-refractivity contribution in [1.29, 1.82) is 0 Å². The second kappa shape index (κ2) is 8.73. The number of rotatable bonds is 5. The van der Waals surface area contributed by atoms with E-state index < -0.39 is 0 Å². The van der Waals surface area contributed by atoms with Gasteiger partial charge in [0.2, 0.25) is 5.91 Å². The van der Waals surface area contributed by atoms with Crippen molar-refractivity contribution in [3.63, 3.8) is 0 Å². The minimum absolute atomic E-state index is 0.0280. The maximum Gasteiger partial charge on any atom is 0.226 e. The number of benzene rings is 1. The molecule has 35 heavy (non-hydrogen) atoms. The normalized spacial score (nSPS) is 30.7. The molecular weight excluding hydrogens is 460 g/mol. The van der Waals surface area contributed by atoms with Gasteiger partial charge in [0.1, 0.15) is 12.6 Å². The van der Waals surface area contributed by atoms with Crippen molar-refractivity contribution in [2.24, 2.45) is 28.3 Å². The molecule has 3 aliphatic carbocycles. The second-order valence-electron chi connectivity index (χ2n) is 10.7. The number of carbonyl (C=O) groups is 1. The predicted molar refractivity (Wildman–Crippen MR) is 137 cm³/mol. The van der Waals surface area contributed by atoms with Crippen LogP contribution in [0.15, 0.2) is 34.3 Å². The summed E-state index contributed by atoms with van der Waals surface area (Å²) in [5.41, 5.74) is 5.92. The first kappa shape index (κ1) is 22.7. The molecular formula is C27H32N4O3S. The molecule has 2 aromatic heterocycles. The van der Waals surface area contributed by atoms with Crippen molar-refractivity contribution in [2.45, 2.75) is 64.7 Å². The van der Waals surface area contributed by atoms with E-state index in [0.29, 0.717) is 35.2 Å². The molecule has 2 saturated carbocycles. The van der Waals surface area contributed by atoms with Crippen molar-refractivity contribution in [3.8, 4) is 0 Å². The number of aromatic nitrogens is 2. The van der Waals surface area contributed by atoms with E-state index in [1.54, 1.807) is 19.7 Å². The summed E-state index contributed by atoms with van der Waals surface area (Å²) in [6.07, 6.45) is 10.1. The molecule has 1 amide bonds. The van der Waals surface area contributed by atoms with Gasteiger partial charge in [0.05, 0.1) is 5.71 Å². The number of oxazole rings is 1. The van der Waals surface area contributed by atoms with Crippen molar-refractivity contribution < 1.29 is 14.0 Å². The molecule has 184 valence electrons. The number of aryl methyl sites for hydroxylation is 2. The van der Waals surface area contributed by atoms with Gasteiger partial charge in [-0.15, -0.1) is 11.3 Å². The summed E-state index contributed by atoms with van der Waals surface area (Å²) >= 11 is 1.52. The number of hydrogen-bond acceptors (Lipinski definition) is 7. The topological polar surface area (TPSA) is 89.6 Å². The number of oxime groups is 1. The van der Waals surface area contributed by atoms with E-state index in [9.17, 15) is 4.79 Å². The summed E-state index contributed by atoms with van der Waals surface area (Å²) < 4.78 is 5.58. The summed E-state index contributed by atoms with van der Waals surface area (Å²) in [6, 6.07) is 4.47. The van der Waals surface area contributed by atoms with E-state index in [-0.39, 0.29) is 11.3 Å². The van der Waals surface area contributed by atoms with Crippen LogP contribution < -0.4 is 5.32 Å². The fraction of sp³-hybridized carbons (Fsp3) is 0.556. The Kier molecular flexibility index (Phi) is 5.66. The standard InChI is InChI=1S/C27H32N4O3S/c1-15-13-28-26(35-15)30-24(32)7-5-17-11-23(31-33-3)27(2)9-8-18-19(25(17)27)6-4-16-10-22-21(12-20(16)18)29-14-34-22/h10,12-14,17-19,25H,4-9,11H2,1-3H3,(H,28,30,32)/b31-23+/t17-,18?,19?,25?,27-/m1/s1. The van der Waals surface area contributed by atoms with Gasteiger partial charge in [0.15, 0.2) is 17.1 Å². The summed E-state index contributed by atoms with van der Waals surface area (Å²) in [6.45, 7) is 4.39. The van der Waals surface area contributed by atoms with Crippen LogP contribution in [0.3, 0.4) is 0 Å². The van der Waals surface area contributed by atoms with Gasteiger partial charge in [0.25, 0.3) is 0 Å². The van der Waals surface area contributed by atoms with Crippen molar-refractivity contribution in [2.75, 3.05) is 12.4 Å². The molecule has 3 aromatic rings. The summed E-state index contributed by atoms with van der Waals surface area (Å²) in [7, 11) is 1.65. The van der Waals surface area contributed by atoms with E-state index in [0.717, 1.165) is 48.1 Å². The van der Waals surface area contributed by atoms with Crippen LogP contribution in [0.1, 0.15) is 67.4 Å². The first-order valence-corrected chi connectivity index (χ1v) is 13.5. The maximum absolute atomic E-state index is 12.8. The molecule has 2 heterocycles. The van der Waals surface area contributed by atoms with Crippen LogP contribution in [0.25, 0.3) is 11.1 Å². The molecule has 0 bridgehead atoms. The van der Waals surface area contributed by atoms with Gasteiger partial charge in [-0.05, 0) is 92.4 Å². The van der Waals surface area contributed by atoms with Crippen molar-refractivity contribution in [1.82, 2.24) is 9.97 Å². The van der Waals surface area contributed by atoms with E-state index in [2.05, 4.69) is 39.5 Å². The zero-order valence-corrected chi connectivity index (χ0v) is 21.4. The Hall–Kier alpha value is -2.74. The zero-order chi connectivity index (χ0) is 24.2. The Labute approximate surface area is 209 Å². The Morgan fingerprint density at radius 2 is 2.23 bits per heavy atom. The Morgan fingerprint density at radius 1 is 1.34 bits per heavy atom. The van der Waals surface area contributed by atoms with E-state index in [4.69, 9.17) is 9.25 Å². The lowest BCUT2D eigenvalue weighted by Gasteiger charge is -2.50. The number of anilines is 1. The van der Waals surface area contributed by atoms with Crippen molar-refractivity contribution >= 4 is 39.2 Å². The highest BCUT2D eigenvalue weighted by atomic mass is 32.1. The molecule has 1 N–H and O–H groups in total. The molecule has 8 heteroatoms. The molecule has 1 aromatic carbocycles. The lowest BCUT2D eigenvalue weighted by molar-refractivity contribution is -0.116. The third-order valence-electron chi connectivity index (χ3n) is 8.86.